The first-order valence-electron chi connectivity index (χ1n) is 10.8. The number of halogens is 1. The topological polar surface area (TPSA) is 51.1 Å². The van der Waals surface area contributed by atoms with Crippen molar-refractivity contribution in [2.75, 3.05) is 38.2 Å². The third-order valence-corrected chi connectivity index (χ3v) is 5.59. The Balaban J connectivity index is 1.60. The zero-order chi connectivity index (χ0) is 21.3. The lowest BCUT2D eigenvalue weighted by Crippen LogP contribution is -2.38. The fourth-order valence-electron chi connectivity index (χ4n) is 3.81. The van der Waals surface area contributed by atoms with Gasteiger partial charge in [-0.05, 0) is 61.1 Å². The minimum absolute atomic E-state index is 0.219. The summed E-state index contributed by atoms with van der Waals surface area (Å²) in [6.07, 6.45) is 2.10. The summed E-state index contributed by atoms with van der Waals surface area (Å²) >= 11 is 0. The molecule has 0 atom stereocenters. The molecular weight excluding hydrogens is 379 g/mol. The number of aliphatic imine (C=N–C) groups is 1. The first-order valence-corrected chi connectivity index (χ1v) is 10.8. The maximum atomic E-state index is 13.5. The largest absolute Gasteiger partial charge is 0.396 e. The highest BCUT2D eigenvalue weighted by molar-refractivity contribution is 5.79. The minimum atomic E-state index is -0.219. The summed E-state index contributed by atoms with van der Waals surface area (Å²) in [6.45, 7) is 6.29. The first kappa shape index (κ1) is 22.1. The molecule has 0 aromatic heterocycles. The van der Waals surface area contributed by atoms with Gasteiger partial charge < -0.3 is 20.2 Å². The van der Waals surface area contributed by atoms with Gasteiger partial charge in [-0.25, -0.2) is 9.38 Å². The Morgan fingerprint density at radius 3 is 2.53 bits per heavy atom. The van der Waals surface area contributed by atoms with E-state index < -0.39 is 0 Å². The Hall–Kier alpha value is -2.60. The average molecular weight is 413 g/mol. The molecule has 6 heteroatoms. The van der Waals surface area contributed by atoms with Crippen molar-refractivity contribution in [2.24, 2.45) is 10.9 Å². The number of rotatable bonds is 7. The van der Waals surface area contributed by atoms with Crippen LogP contribution in [0.5, 0.6) is 0 Å². The van der Waals surface area contributed by atoms with Gasteiger partial charge in [0.05, 0.1) is 6.54 Å². The molecule has 1 saturated heterocycles. The number of piperidine rings is 1. The van der Waals surface area contributed by atoms with E-state index in [-0.39, 0.29) is 5.82 Å². The number of hydrogen-bond donors (Lipinski definition) is 2. The second-order valence-electron chi connectivity index (χ2n) is 7.94. The van der Waals surface area contributed by atoms with Crippen molar-refractivity contribution in [3.8, 4) is 0 Å². The summed E-state index contributed by atoms with van der Waals surface area (Å²) < 4.78 is 13.5. The fourth-order valence-corrected chi connectivity index (χ4v) is 3.81. The van der Waals surface area contributed by atoms with Crippen LogP contribution in [0.15, 0.2) is 53.5 Å². The Kier molecular flexibility index (Phi) is 8.08. The predicted octanol–water partition coefficient (Wildman–Crippen LogP) is 3.63. The van der Waals surface area contributed by atoms with E-state index in [4.69, 9.17) is 4.99 Å². The van der Waals surface area contributed by atoms with Crippen molar-refractivity contribution >= 4 is 11.6 Å². The van der Waals surface area contributed by atoms with Crippen LogP contribution in [-0.2, 0) is 13.1 Å². The number of anilines is 1. The van der Waals surface area contributed by atoms with E-state index in [0.717, 1.165) is 49.6 Å². The number of guanidine groups is 1. The molecule has 0 amide bonds. The van der Waals surface area contributed by atoms with Gasteiger partial charge in [0, 0.05) is 45.5 Å². The van der Waals surface area contributed by atoms with Gasteiger partial charge in [-0.3, -0.25) is 0 Å². The maximum Gasteiger partial charge on any atom is 0.194 e. The summed E-state index contributed by atoms with van der Waals surface area (Å²) in [5.74, 6) is 1.03. The van der Waals surface area contributed by atoms with Crippen molar-refractivity contribution in [3.63, 3.8) is 0 Å². The molecule has 0 aliphatic carbocycles. The molecule has 0 unspecified atom stereocenters. The van der Waals surface area contributed by atoms with Crippen LogP contribution in [0.2, 0.25) is 0 Å². The number of aliphatic hydroxyl groups is 1. The smallest absolute Gasteiger partial charge is 0.194 e. The molecule has 2 aromatic carbocycles. The molecule has 5 nitrogen and oxygen atoms in total. The lowest BCUT2D eigenvalue weighted by atomic mass is 9.97. The Morgan fingerprint density at radius 2 is 1.90 bits per heavy atom. The summed E-state index contributed by atoms with van der Waals surface area (Å²) in [5, 5.41) is 12.6. The Bertz CT molecular complexity index is 816. The number of aliphatic hydroxyl groups excluding tert-OH is 1. The predicted molar refractivity (Wildman–Crippen MR) is 121 cm³/mol. The molecule has 30 heavy (non-hydrogen) atoms. The van der Waals surface area contributed by atoms with Gasteiger partial charge in [0.15, 0.2) is 5.96 Å². The summed E-state index contributed by atoms with van der Waals surface area (Å²) in [6, 6.07) is 15.3. The van der Waals surface area contributed by atoms with Crippen LogP contribution in [0.4, 0.5) is 10.1 Å². The standard InChI is InChI=1S/C24H33FN4O/c1-3-26-24(28(2)17-21-5-4-6-22(25)15-21)27-16-19-7-9-23(10-8-19)29-13-11-20(18-30)12-14-29/h4-10,15,20,30H,3,11-14,16-18H2,1-2H3,(H,26,27). The highest BCUT2D eigenvalue weighted by Gasteiger charge is 2.18. The van der Waals surface area contributed by atoms with Gasteiger partial charge in [-0.15, -0.1) is 0 Å². The van der Waals surface area contributed by atoms with E-state index in [0.29, 0.717) is 25.6 Å². The van der Waals surface area contributed by atoms with Crippen molar-refractivity contribution in [2.45, 2.75) is 32.9 Å². The molecule has 0 bridgehead atoms. The van der Waals surface area contributed by atoms with Crippen LogP contribution in [-0.4, -0.2) is 49.3 Å². The van der Waals surface area contributed by atoms with Crippen LogP contribution in [0.1, 0.15) is 30.9 Å². The van der Waals surface area contributed by atoms with Gasteiger partial charge in [0.2, 0.25) is 0 Å². The Labute approximate surface area is 179 Å². The van der Waals surface area contributed by atoms with Crippen LogP contribution in [0.25, 0.3) is 0 Å². The van der Waals surface area contributed by atoms with E-state index in [1.54, 1.807) is 12.1 Å². The number of benzene rings is 2. The van der Waals surface area contributed by atoms with Gasteiger partial charge in [-0.1, -0.05) is 24.3 Å². The third kappa shape index (κ3) is 6.20. The summed E-state index contributed by atoms with van der Waals surface area (Å²) in [7, 11) is 1.96. The lowest BCUT2D eigenvalue weighted by molar-refractivity contribution is 0.203. The second-order valence-corrected chi connectivity index (χ2v) is 7.94. The van der Waals surface area contributed by atoms with E-state index in [1.165, 1.54) is 11.8 Å². The number of nitrogens with zero attached hydrogens (tertiary/aromatic N) is 3. The van der Waals surface area contributed by atoms with Gasteiger partial charge in [0.25, 0.3) is 0 Å². The quantitative estimate of drug-likeness (QED) is 0.539. The van der Waals surface area contributed by atoms with Gasteiger partial charge in [-0.2, -0.15) is 0 Å². The van der Waals surface area contributed by atoms with Crippen LogP contribution in [0, 0.1) is 11.7 Å². The lowest BCUT2D eigenvalue weighted by Gasteiger charge is -2.32. The van der Waals surface area contributed by atoms with E-state index in [1.807, 2.05) is 24.9 Å². The number of hydrogen-bond acceptors (Lipinski definition) is 3. The van der Waals surface area contributed by atoms with Crippen molar-refractivity contribution in [3.05, 3.63) is 65.5 Å². The third-order valence-electron chi connectivity index (χ3n) is 5.59. The van der Waals surface area contributed by atoms with Crippen molar-refractivity contribution < 1.29 is 9.50 Å². The molecule has 1 fully saturated rings. The van der Waals surface area contributed by atoms with Crippen LogP contribution in [0.3, 0.4) is 0 Å². The molecule has 1 heterocycles. The maximum absolute atomic E-state index is 13.5. The van der Waals surface area contributed by atoms with E-state index >= 15 is 0 Å². The summed E-state index contributed by atoms with van der Waals surface area (Å²) in [5.41, 5.74) is 3.30. The minimum Gasteiger partial charge on any atom is -0.396 e. The molecule has 1 aliphatic heterocycles. The molecule has 0 saturated carbocycles. The van der Waals surface area contributed by atoms with Crippen molar-refractivity contribution in [1.82, 2.24) is 10.2 Å². The fraction of sp³-hybridized carbons (Fsp3) is 0.458. The molecule has 0 spiro atoms. The number of nitrogens with one attached hydrogen (secondary N) is 1. The zero-order valence-electron chi connectivity index (χ0n) is 18.0. The normalized spacial score (nSPS) is 15.3. The average Bonchev–Trinajstić information content (AvgIpc) is 2.77. The highest BCUT2D eigenvalue weighted by Crippen LogP contribution is 2.23. The van der Waals surface area contributed by atoms with E-state index in [2.05, 4.69) is 34.5 Å². The Morgan fingerprint density at radius 1 is 1.17 bits per heavy atom. The molecule has 3 rings (SSSR count). The SMILES string of the molecule is CCNC(=NCc1ccc(N2CCC(CO)CC2)cc1)N(C)Cc1cccc(F)c1. The summed E-state index contributed by atoms with van der Waals surface area (Å²) in [4.78, 5) is 9.16. The molecular formula is C24H33FN4O. The molecule has 162 valence electrons. The second kappa shape index (κ2) is 11.0. The molecule has 0 radical (unpaired) electrons. The van der Waals surface area contributed by atoms with Gasteiger partial charge in [0.1, 0.15) is 5.82 Å². The van der Waals surface area contributed by atoms with Crippen LogP contribution >= 0.6 is 0 Å². The monoisotopic (exact) mass is 412 g/mol. The zero-order valence-corrected chi connectivity index (χ0v) is 18.0. The molecule has 2 aromatic rings. The van der Waals surface area contributed by atoms with Crippen LogP contribution < -0.4 is 10.2 Å². The van der Waals surface area contributed by atoms with Crippen molar-refractivity contribution in [1.29, 1.82) is 0 Å². The van der Waals surface area contributed by atoms with Gasteiger partial charge >= 0.3 is 0 Å². The highest BCUT2D eigenvalue weighted by atomic mass is 19.1. The van der Waals surface area contributed by atoms with E-state index in [9.17, 15) is 9.50 Å². The first-order chi connectivity index (χ1) is 14.6. The molecule has 2 N–H and O–H groups in total. The molecule has 1 aliphatic rings.